The van der Waals surface area contributed by atoms with Gasteiger partial charge in [0.15, 0.2) is 0 Å². The molecule has 2 N–H and O–H groups in total. The van der Waals surface area contributed by atoms with E-state index in [-0.39, 0.29) is 17.8 Å². The summed E-state index contributed by atoms with van der Waals surface area (Å²) in [6.07, 6.45) is 0.891. The molecule has 0 unspecified atom stereocenters. The SMILES string of the molecule is CC(C)C[C@H](NC(=O)CCNCc1ccccc1)C(=O)OC(C)(C)C. The summed E-state index contributed by atoms with van der Waals surface area (Å²) in [5.41, 5.74) is 0.614. The first-order chi connectivity index (χ1) is 11.7. The summed E-state index contributed by atoms with van der Waals surface area (Å²) in [6.45, 7) is 10.8. The predicted molar refractivity (Wildman–Crippen MR) is 100.0 cm³/mol. The van der Waals surface area contributed by atoms with E-state index in [1.807, 2.05) is 65.0 Å². The Hall–Kier alpha value is -1.88. The maximum atomic E-state index is 12.3. The van der Waals surface area contributed by atoms with Gasteiger partial charge in [0.25, 0.3) is 0 Å². The smallest absolute Gasteiger partial charge is 0.329 e. The fourth-order valence-electron chi connectivity index (χ4n) is 2.36. The number of amides is 1. The zero-order chi connectivity index (χ0) is 18.9. The highest BCUT2D eigenvalue weighted by atomic mass is 16.6. The molecule has 0 bridgehead atoms. The Bertz CT molecular complexity index is 536. The minimum absolute atomic E-state index is 0.142. The Kier molecular flexibility index (Phi) is 8.62. The number of carbonyl (C=O) groups excluding carboxylic acids is 2. The van der Waals surface area contributed by atoms with E-state index in [9.17, 15) is 9.59 Å². The van der Waals surface area contributed by atoms with E-state index in [4.69, 9.17) is 4.74 Å². The molecule has 25 heavy (non-hydrogen) atoms. The van der Waals surface area contributed by atoms with Crippen LogP contribution in [0.5, 0.6) is 0 Å². The molecule has 0 aliphatic carbocycles. The molecule has 1 rings (SSSR count). The van der Waals surface area contributed by atoms with Crippen LogP contribution in [-0.2, 0) is 20.9 Å². The second kappa shape index (κ2) is 10.2. The van der Waals surface area contributed by atoms with Crippen LogP contribution in [0.4, 0.5) is 0 Å². The predicted octanol–water partition coefficient (Wildman–Crippen LogP) is 3.04. The van der Waals surface area contributed by atoms with Gasteiger partial charge in [-0.25, -0.2) is 4.79 Å². The molecule has 5 nitrogen and oxygen atoms in total. The zero-order valence-electron chi connectivity index (χ0n) is 16.1. The largest absolute Gasteiger partial charge is 0.458 e. The molecule has 0 saturated carbocycles. The molecule has 5 heteroatoms. The van der Waals surface area contributed by atoms with E-state index in [2.05, 4.69) is 10.6 Å². The summed E-state index contributed by atoms with van der Waals surface area (Å²) in [7, 11) is 0. The fourth-order valence-corrected chi connectivity index (χ4v) is 2.36. The van der Waals surface area contributed by atoms with E-state index in [1.54, 1.807) is 0 Å². The molecule has 1 atom stereocenters. The van der Waals surface area contributed by atoms with Crippen LogP contribution >= 0.6 is 0 Å². The third-order valence-corrected chi connectivity index (χ3v) is 3.43. The Morgan fingerprint density at radius 2 is 1.76 bits per heavy atom. The molecule has 0 aliphatic rings. The highest BCUT2D eigenvalue weighted by Gasteiger charge is 2.27. The third-order valence-electron chi connectivity index (χ3n) is 3.43. The number of benzene rings is 1. The van der Waals surface area contributed by atoms with Gasteiger partial charge < -0.3 is 15.4 Å². The molecule has 0 heterocycles. The summed E-state index contributed by atoms with van der Waals surface area (Å²) >= 11 is 0. The molecule has 1 amide bonds. The van der Waals surface area contributed by atoms with Crippen molar-refractivity contribution in [1.29, 1.82) is 0 Å². The molecule has 1 aromatic rings. The molecule has 0 aliphatic heterocycles. The summed E-state index contributed by atoms with van der Waals surface area (Å²) in [4.78, 5) is 24.4. The summed E-state index contributed by atoms with van der Waals surface area (Å²) in [5.74, 6) is -0.224. The summed E-state index contributed by atoms with van der Waals surface area (Å²) in [6, 6.07) is 9.42. The first kappa shape index (κ1) is 21.2. The van der Waals surface area contributed by atoms with Crippen molar-refractivity contribution in [1.82, 2.24) is 10.6 Å². The molecule has 0 radical (unpaired) electrons. The maximum Gasteiger partial charge on any atom is 0.329 e. The number of nitrogens with one attached hydrogen (secondary N) is 2. The number of carbonyl (C=O) groups is 2. The quantitative estimate of drug-likeness (QED) is 0.532. The first-order valence-corrected chi connectivity index (χ1v) is 8.94. The van der Waals surface area contributed by atoms with Gasteiger partial charge in [-0.05, 0) is 38.7 Å². The van der Waals surface area contributed by atoms with Crippen molar-refractivity contribution >= 4 is 11.9 Å². The number of rotatable bonds is 9. The lowest BCUT2D eigenvalue weighted by atomic mass is 10.0. The van der Waals surface area contributed by atoms with Gasteiger partial charge in [-0.1, -0.05) is 44.2 Å². The van der Waals surface area contributed by atoms with E-state index < -0.39 is 11.6 Å². The maximum absolute atomic E-state index is 12.3. The molecule has 1 aromatic carbocycles. The van der Waals surface area contributed by atoms with Crippen LogP contribution in [-0.4, -0.2) is 30.1 Å². The molecule has 0 aromatic heterocycles. The Morgan fingerprint density at radius 3 is 2.32 bits per heavy atom. The molecular formula is C20H32N2O3. The van der Waals surface area contributed by atoms with Crippen LogP contribution < -0.4 is 10.6 Å². The Morgan fingerprint density at radius 1 is 1.12 bits per heavy atom. The number of ether oxygens (including phenoxy) is 1. The average molecular weight is 348 g/mol. The van der Waals surface area contributed by atoms with Gasteiger partial charge in [0.05, 0.1) is 0 Å². The number of esters is 1. The lowest BCUT2D eigenvalue weighted by molar-refractivity contribution is -0.159. The minimum atomic E-state index is -0.596. The van der Waals surface area contributed by atoms with Crippen molar-refractivity contribution in [2.45, 2.75) is 65.6 Å². The molecule has 0 spiro atoms. The molecule has 140 valence electrons. The van der Waals surface area contributed by atoms with Gasteiger partial charge in [-0.2, -0.15) is 0 Å². The Labute approximate surface area is 151 Å². The second-order valence-corrected chi connectivity index (χ2v) is 7.70. The lowest BCUT2D eigenvalue weighted by Gasteiger charge is -2.25. The van der Waals surface area contributed by atoms with Crippen molar-refractivity contribution in [3.05, 3.63) is 35.9 Å². The third kappa shape index (κ3) is 9.87. The molecular weight excluding hydrogens is 316 g/mol. The normalized spacial score (nSPS) is 12.7. The average Bonchev–Trinajstić information content (AvgIpc) is 2.50. The summed E-state index contributed by atoms with van der Waals surface area (Å²) in [5, 5.41) is 6.05. The first-order valence-electron chi connectivity index (χ1n) is 8.94. The van der Waals surface area contributed by atoms with E-state index in [1.165, 1.54) is 5.56 Å². The number of hydrogen-bond donors (Lipinski definition) is 2. The van der Waals surface area contributed by atoms with Crippen molar-refractivity contribution < 1.29 is 14.3 Å². The topological polar surface area (TPSA) is 67.4 Å². The monoisotopic (exact) mass is 348 g/mol. The van der Waals surface area contributed by atoms with Crippen LogP contribution in [0.1, 0.15) is 53.0 Å². The van der Waals surface area contributed by atoms with Gasteiger partial charge in [0.2, 0.25) is 5.91 Å². The van der Waals surface area contributed by atoms with E-state index >= 15 is 0 Å². The highest BCUT2D eigenvalue weighted by molar-refractivity contribution is 5.84. The lowest BCUT2D eigenvalue weighted by Crippen LogP contribution is -2.45. The van der Waals surface area contributed by atoms with Crippen molar-refractivity contribution in [3.63, 3.8) is 0 Å². The standard InChI is InChI=1S/C20H32N2O3/c1-15(2)13-17(19(24)25-20(3,4)5)22-18(23)11-12-21-14-16-9-7-6-8-10-16/h6-10,15,17,21H,11-14H2,1-5H3,(H,22,23)/t17-/m0/s1. The zero-order valence-corrected chi connectivity index (χ0v) is 16.1. The van der Waals surface area contributed by atoms with Gasteiger partial charge in [-0.15, -0.1) is 0 Å². The minimum Gasteiger partial charge on any atom is -0.458 e. The molecule has 0 saturated heterocycles. The van der Waals surface area contributed by atoms with Gasteiger partial charge in [0, 0.05) is 19.5 Å². The van der Waals surface area contributed by atoms with Crippen molar-refractivity contribution in [2.75, 3.05) is 6.54 Å². The van der Waals surface area contributed by atoms with Gasteiger partial charge in [0.1, 0.15) is 11.6 Å². The fraction of sp³-hybridized carbons (Fsp3) is 0.600. The van der Waals surface area contributed by atoms with Crippen molar-refractivity contribution in [2.24, 2.45) is 5.92 Å². The van der Waals surface area contributed by atoms with Crippen LogP contribution in [0, 0.1) is 5.92 Å². The van der Waals surface area contributed by atoms with Gasteiger partial charge in [-0.3, -0.25) is 4.79 Å². The van der Waals surface area contributed by atoms with Crippen LogP contribution in [0.2, 0.25) is 0 Å². The molecule has 0 fully saturated rings. The van der Waals surface area contributed by atoms with Crippen LogP contribution in [0.3, 0.4) is 0 Å². The Balaban J connectivity index is 2.42. The number of hydrogen-bond acceptors (Lipinski definition) is 4. The van der Waals surface area contributed by atoms with Gasteiger partial charge >= 0.3 is 5.97 Å². The second-order valence-electron chi connectivity index (χ2n) is 7.70. The highest BCUT2D eigenvalue weighted by Crippen LogP contribution is 2.13. The van der Waals surface area contributed by atoms with E-state index in [0.717, 1.165) is 6.54 Å². The van der Waals surface area contributed by atoms with E-state index in [0.29, 0.717) is 19.4 Å². The summed E-state index contributed by atoms with van der Waals surface area (Å²) < 4.78 is 5.42. The van der Waals surface area contributed by atoms with Crippen molar-refractivity contribution in [3.8, 4) is 0 Å². The van der Waals surface area contributed by atoms with Crippen LogP contribution in [0.15, 0.2) is 30.3 Å². The van der Waals surface area contributed by atoms with Crippen LogP contribution in [0.25, 0.3) is 0 Å².